The zero-order valence-corrected chi connectivity index (χ0v) is 11.8. The van der Waals surface area contributed by atoms with E-state index in [9.17, 15) is 9.18 Å². The van der Waals surface area contributed by atoms with Crippen LogP contribution in [0.15, 0.2) is 28.1 Å². The number of carbonyl (C=O) groups is 1. The lowest BCUT2D eigenvalue weighted by Crippen LogP contribution is -2.01. The van der Waals surface area contributed by atoms with E-state index in [-0.39, 0.29) is 11.6 Å². The summed E-state index contributed by atoms with van der Waals surface area (Å²) in [5, 5.41) is 0. The highest BCUT2D eigenvalue weighted by atomic mass is 79.9. The predicted octanol–water partition coefficient (Wildman–Crippen LogP) is 4.50. The fraction of sp³-hybridized carbons (Fsp3) is 0.154. The third kappa shape index (κ3) is 2.48. The Hall–Kier alpha value is -1.000. The van der Waals surface area contributed by atoms with Crippen LogP contribution in [-0.4, -0.2) is 5.78 Å². The molecular formula is C13H10BrFOS. The monoisotopic (exact) mass is 312 g/mol. The summed E-state index contributed by atoms with van der Waals surface area (Å²) in [4.78, 5) is 12.9. The molecule has 0 fully saturated rings. The molecular weight excluding hydrogens is 303 g/mol. The molecule has 0 spiro atoms. The van der Waals surface area contributed by atoms with Gasteiger partial charge in [0.1, 0.15) is 5.82 Å². The molecule has 4 heteroatoms. The maximum Gasteiger partial charge on any atom is 0.203 e. The number of benzene rings is 1. The Morgan fingerprint density at radius 3 is 2.47 bits per heavy atom. The molecule has 0 unspecified atom stereocenters. The van der Waals surface area contributed by atoms with E-state index in [1.165, 1.54) is 29.5 Å². The molecule has 1 aromatic carbocycles. The Bertz CT molecular complexity index is 570. The van der Waals surface area contributed by atoms with Crippen molar-refractivity contribution < 1.29 is 9.18 Å². The van der Waals surface area contributed by atoms with E-state index in [0.29, 0.717) is 16.0 Å². The summed E-state index contributed by atoms with van der Waals surface area (Å²) >= 11 is 4.80. The molecule has 0 N–H and O–H groups in total. The van der Waals surface area contributed by atoms with Crippen LogP contribution in [0.1, 0.15) is 26.4 Å². The SMILES string of the molecule is Cc1cc(F)ccc1C(=O)c1cc(C)c(Br)s1. The van der Waals surface area contributed by atoms with Crippen LogP contribution in [0.3, 0.4) is 0 Å². The van der Waals surface area contributed by atoms with Crippen LogP contribution in [0.25, 0.3) is 0 Å². The number of aryl methyl sites for hydroxylation is 2. The van der Waals surface area contributed by atoms with Gasteiger partial charge >= 0.3 is 0 Å². The van der Waals surface area contributed by atoms with Crippen molar-refractivity contribution in [3.63, 3.8) is 0 Å². The fourth-order valence-corrected chi connectivity index (χ4v) is 3.08. The van der Waals surface area contributed by atoms with Crippen molar-refractivity contribution in [1.29, 1.82) is 0 Å². The molecule has 2 aromatic rings. The van der Waals surface area contributed by atoms with Crippen LogP contribution in [0.4, 0.5) is 4.39 Å². The van der Waals surface area contributed by atoms with Crippen LogP contribution in [-0.2, 0) is 0 Å². The van der Waals surface area contributed by atoms with Crippen LogP contribution < -0.4 is 0 Å². The highest BCUT2D eigenvalue weighted by molar-refractivity contribution is 9.11. The van der Waals surface area contributed by atoms with Crippen LogP contribution in [0, 0.1) is 19.7 Å². The Morgan fingerprint density at radius 1 is 1.24 bits per heavy atom. The van der Waals surface area contributed by atoms with E-state index >= 15 is 0 Å². The van der Waals surface area contributed by atoms with E-state index < -0.39 is 0 Å². The number of carbonyl (C=O) groups excluding carboxylic acids is 1. The standard InChI is InChI=1S/C13H10BrFOS/c1-7-5-9(15)3-4-10(7)12(16)11-6-8(2)13(14)17-11/h3-6H,1-2H3. The highest BCUT2D eigenvalue weighted by Crippen LogP contribution is 2.29. The van der Waals surface area contributed by atoms with Crippen molar-refractivity contribution in [3.05, 3.63) is 55.4 Å². The van der Waals surface area contributed by atoms with Crippen molar-refractivity contribution in [2.45, 2.75) is 13.8 Å². The normalized spacial score (nSPS) is 10.6. The van der Waals surface area contributed by atoms with Gasteiger partial charge in [0.2, 0.25) is 5.78 Å². The zero-order valence-electron chi connectivity index (χ0n) is 9.38. The predicted molar refractivity (Wildman–Crippen MR) is 71.3 cm³/mol. The van der Waals surface area contributed by atoms with Gasteiger partial charge in [0.05, 0.1) is 8.66 Å². The number of halogens is 2. The maximum absolute atomic E-state index is 13.0. The number of ketones is 1. The van der Waals surface area contributed by atoms with Gasteiger partial charge in [-0.1, -0.05) is 0 Å². The molecule has 0 saturated carbocycles. The molecule has 0 atom stereocenters. The molecule has 0 bridgehead atoms. The number of hydrogen-bond donors (Lipinski definition) is 0. The fourth-order valence-electron chi connectivity index (χ4n) is 1.59. The second-order valence-electron chi connectivity index (χ2n) is 3.86. The first-order chi connectivity index (χ1) is 7.99. The lowest BCUT2D eigenvalue weighted by molar-refractivity contribution is 0.104. The Labute approximate surface area is 111 Å². The molecule has 1 aromatic heterocycles. The average Bonchev–Trinajstić information content (AvgIpc) is 2.58. The number of rotatable bonds is 2. The topological polar surface area (TPSA) is 17.1 Å². The Balaban J connectivity index is 2.43. The second kappa shape index (κ2) is 4.70. The van der Waals surface area contributed by atoms with Gasteiger partial charge < -0.3 is 0 Å². The average molecular weight is 313 g/mol. The van der Waals surface area contributed by atoms with E-state index in [1.807, 2.05) is 13.0 Å². The summed E-state index contributed by atoms with van der Waals surface area (Å²) in [6, 6.07) is 6.08. The van der Waals surface area contributed by atoms with Crippen LogP contribution in [0.5, 0.6) is 0 Å². The lowest BCUT2D eigenvalue weighted by atomic mass is 10.0. The van der Waals surface area contributed by atoms with Crippen molar-refractivity contribution in [1.82, 2.24) is 0 Å². The zero-order chi connectivity index (χ0) is 12.6. The first-order valence-electron chi connectivity index (χ1n) is 5.06. The highest BCUT2D eigenvalue weighted by Gasteiger charge is 2.15. The van der Waals surface area contributed by atoms with Crippen molar-refractivity contribution in [3.8, 4) is 0 Å². The quantitative estimate of drug-likeness (QED) is 0.746. The summed E-state index contributed by atoms with van der Waals surface area (Å²) in [5.41, 5.74) is 2.26. The van der Waals surface area contributed by atoms with Crippen molar-refractivity contribution in [2.75, 3.05) is 0 Å². The molecule has 0 aliphatic rings. The van der Waals surface area contributed by atoms with Gasteiger partial charge in [-0.15, -0.1) is 11.3 Å². The first-order valence-corrected chi connectivity index (χ1v) is 6.67. The lowest BCUT2D eigenvalue weighted by Gasteiger charge is -2.02. The van der Waals surface area contributed by atoms with E-state index in [2.05, 4.69) is 15.9 Å². The van der Waals surface area contributed by atoms with Crippen molar-refractivity contribution >= 4 is 33.0 Å². The summed E-state index contributed by atoms with van der Waals surface area (Å²) in [6.45, 7) is 3.68. The molecule has 0 amide bonds. The minimum atomic E-state index is -0.317. The Morgan fingerprint density at radius 2 is 1.94 bits per heavy atom. The first kappa shape index (κ1) is 12.5. The van der Waals surface area contributed by atoms with E-state index in [1.54, 1.807) is 6.92 Å². The van der Waals surface area contributed by atoms with Gasteiger partial charge in [0.15, 0.2) is 0 Å². The van der Waals surface area contributed by atoms with Crippen LogP contribution >= 0.6 is 27.3 Å². The summed E-state index contributed by atoms with van der Waals surface area (Å²) in [6.07, 6.45) is 0. The van der Waals surface area contributed by atoms with Gasteiger partial charge in [0, 0.05) is 5.56 Å². The van der Waals surface area contributed by atoms with E-state index in [4.69, 9.17) is 0 Å². The third-order valence-corrected chi connectivity index (χ3v) is 4.65. The third-order valence-electron chi connectivity index (χ3n) is 2.51. The molecule has 0 aliphatic carbocycles. The van der Waals surface area contributed by atoms with E-state index in [0.717, 1.165) is 9.35 Å². The van der Waals surface area contributed by atoms with Gasteiger partial charge in [-0.3, -0.25) is 4.79 Å². The van der Waals surface area contributed by atoms with Gasteiger partial charge in [-0.05, 0) is 65.2 Å². The minimum absolute atomic E-state index is 0.0544. The molecule has 0 aliphatic heterocycles. The van der Waals surface area contributed by atoms with Gasteiger partial charge in [0.25, 0.3) is 0 Å². The molecule has 0 saturated heterocycles. The van der Waals surface area contributed by atoms with Gasteiger partial charge in [-0.25, -0.2) is 4.39 Å². The van der Waals surface area contributed by atoms with Crippen LogP contribution in [0.2, 0.25) is 0 Å². The molecule has 0 radical (unpaired) electrons. The Kier molecular flexibility index (Phi) is 3.45. The molecule has 88 valence electrons. The largest absolute Gasteiger partial charge is 0.288 e. The van der Waals surface area contributed by atoms with Crippen molar-refractivity contribution in [2.24, 2.45) is 0 Å². The molecule has 1 nitrogen and oxygen atoms in total. The van der Waals surface area contributed by atoms with Gasteiger partial charge in [-0.2, -0.15) is 0 Å². The minimum Gasteiger partial charge on any atom is -0.288 e. The summed E-state index contributed by atoms with van der Waals surface area (Å²) in [7, 11) is 0. The second-order valence-corrected chi connectivity index (χ2v) is 6.23. The molecule has 2 rings (SSSR count). The number of thiophene rings is 1. The molecule has 17 heavy (non-hydrogen) atoms. The summed E-state index contributed by atoms with van der Waals surface area (Å²) in [5.74, 6) is -0.371. The maximum atomic E-state index is 13.0. The molecule has 1 heterocycles. The smallest absolute Gasteiger partial charge is 0.203 e. The summed E-state index contributed by atoms with van der Waals surface area (Å²) < 4.78 is 13.9. The number of hydrogen-bond acceptors (Lipinski definition) is 2.